The molecule has 12 aromatic rings. The van der Waals surface area contributed by atoms with Gasteiger partial charge in [0.1, 0.15) is 21.8 Å². The van der Waals surface area contributed by atoms with Crippen molar-refractivity contribution in [2.45, 2.75) is 113 Å². The fraction of sp³-hybridized carbons (Fsp3) is 0.372. The molecule has 6 aromatic carbocycles. The number of anilines is 4. The molecule has 0 radical (unpaired) electrons. The average Bonchev–Trinajstić information content (AvgIpc) is 1.35. The third-order valence-corrected chi connectivity index (χ3v) is 27.9. The molecule has 24 nitrogen and oxygen atoms in total. The minimum atomic E-state index is -0.753. The second-order valence-corrected chi connectivity index (χ2v) is 34.7. The maximum Gasteiger partial charge on any atom is 0.329 e. The smallest absolute Gasteiger partial charge is 0.329 e. The number of hydrogen-bond donors (Lipinski definition) is 6. The number of carbonyl (C=O) groups is 6. The fourth-order valence-electron chi connectivity index (χ4n) is 19.5. The molecule has 0 bridgehead atoms. The number of imide groups is 2. The van der Waals surface area contributed by atoms with Gasteiger partial charge in [0.05, 0.1) is 55.9 Å². The van der Waals surface area contributed by atoms with Gasteiger partial charge in [0.2, 0.25) is 23.6 Å². The summed E-state index contributed by atoms with van der Waals surface area (Å²) in [7, 11) is 3.53. The average molecular weight is 1540 g/mol. The van der Waals surface area contributed by atoms with Crippen LogP contribution in [0.3, 0.4) is 0 Å². The molecule has 2 aliphatic carbocycles. The number of nitrogens with zero attached hydrogens (tertiary/aromatic N) is 10. The Balaban J connectivity index is 0.609. The highest BCUT2D eigenvalue weighted by Gasteiger charge is 2.45. The van der Waals surface area contributed by atoms with Crippen LogP contribution in [0.5, 0.6) is 0 Å². The fourth-order valence-corrected chi connectivity index (χ4v) is 21.7. The third-order valence-electron chi connectivity index (χ3n) is 25.6. The Kier molecular flexibility index (Phi) is 17.1. The van der Waals surface area contributed by atoms with Crippen LogP contribution in [0.15, 0.2) is 143 Å². The number of thiophene rings is 2. The topological polar surface area (TPSA) is 267 Å². The van der Waals surface area contributed by atoms with E-state index in [4.69, 9.17) is 9.97 Å². The molecule has 6 aliphatic heterocycles. The van der Waals surface area contributed by atoms with Crippen LogP contribution in [0.25, 0.3) is 86.6 Å². The summed E-state index contributed by atoms with van der Waals surface area (Å²) in [6.45, 7) is 12.2. The molecular weight excluding hydrogens is 1450 g/mol. The second-order valence-electron chi connectivity index (χ2n) is 32.6. The normalized spacial score (nSPS) is 24.6. The van der Waals surface area contributed by atoms with Gasteiger partial charge in [-0.25, -0.2) is 19.6 Å². The molecule has 12 heterocycles. The van der Waals surface area contributed by atoms with Crippen LogP contribution in [0.4, 0.5) is 22.7 Å². The molecule has 570 valence electrons. The molecule has 6 N–H and O–H groups in total. The quantitative estimate of drug-likeness (QED) is 0.0586. The number of hydrogen-bond acceptors (Lipinski definition) is 18. The SMILES string of the molecule is C[C@@H]1CNc2c(sc3ccc4nc(-c5ccc(N6CCN(CC7CC(c8ccc9c(c8)n(C)c(=O)n9C8CCC(=O)NC8=O)C7)C(C7CN(c8ccc(-c9ccc%10c(ccc%11sc%12c(c%11%10)NC[C@@H](C)NC%12=O)n9)cc8)CCN7CC7CC(c8ccc9c(c8)n(C)c(=O)n9C8CCC(=O)NC8=O)C7)C6)cc5)ccc4c23)C(=O)N1. The first kappa shape index (κ1) is 70.1. The summed E-state index contributed by atoms with van der Waals surface area (Å²) < 4.78 is 8.48. The van der Waals surface area contributed by atoms with Crippen molar-refractivity contribution in [1.29, 1.82) is 0 Å². The molecule has 8 aliphatic rings. The van der Waals surface area contributed by atoms with Crippen molar-refractivity contribution in [1.82, 2.24) is 59.3 Å². The molecule has 112 heavy (non-hydrogen) atoms. The Labute approximate surface area is 652 Å². The molecule has 6 fully saturated rings. The maximum atomic E-state index is 13.9. The summed E-state index contributed by atoms with van der Waals surface area (Å²) in [6, 6.07) is 46.0. The molecule has 6 atom stereocenters. The number of nitrogens with one attached hydrogen (secondary N) is 6. The second kappa shape index (κ2) is 27.4. The lowest BCUT2D eigenvalue weighted by Gasteiger charge is -2.54. The van der Waals surface area contributed by atoms with Gasteiger partial charge in [-0.15, -0.1) is 22.7 Å². The van der Waals surface area contributed by atoms with Crippen molar-refractivity contribution >= 4 is 145 Å². The van der Waals surface area contributed by atoms with E-state index in [0.717, 1.165) is 176 Å². The van der Waals surface area contributed by atoms with E-state index < -0.39 is 23.9 Å². The van der Waals surface area contributed by atoms with Crippen molar-refractivity contribution in [2.75, 3.05) is 85.9 Å². The van der Waals surface area contributed by atoms with Crippen LogP contribution in [0.1, 0.15) is 120 Å². The number of rotatable bonds is 13. The summed E-state index contributed by atoms with van der Waals surface area (Å²) in [5, 5.41) is 22.3. The van der Waals surface area contributed by atoms with Crippen LogP contribution in [0.2, 0.25) is 0 Å². The number of piperazine rings is 2. The molecule has 4 saturated heterocycles. The molecule has 4 unspecified atom stereocenters. The van der Waals surface area contributed by atoms with Crippen LogP contribution in [-0.2, 0) is 33.3 Å². The van der Waals surface area contributed by atoms with Crippen molar-refractivity contribution < 1.29 is 28.8 Å². The van der Waals surface area contributed by atoms with Crippen molar-refractivity contribution in [2.24, 2.45) is 25.9 Å². The van der Waals surface area contributed by atoms with Crippen molar-refractivity contribution in [3.05, 3.63) is 175 Å². The minimum Gasteiger partial charge on any atom is -0.381 e. The summed E-state index contributed by atoms with van der Waals surface area (Å²) >= 11 is 3.03. The minimum absolute atomic E-state index is 0.00439. The van der Waals surface area contributed by atoms with Gasteiger partial charge >= 0.3 is 11.4 Å². The summed E-state index contributed by atoms with van der Waals surface area (Å²) in [6.07, 6.45) is 4.91. The zero-order chi connectivity index (χ0) is 76.2. The number of aryl methyl sites for hydroxylation is 2. The van der Waals surface area contributed by atoms with Crippen LogP contribution in [-0.4, -0.2) is 163 Å². The van der Waals surface area contributed by atoms with Crippen LogP contribution >= 0.6 is 22.7 Å². The monoisotopic (exact) mass is 1530 g/mol. The number of imidazole rings is 2. The number of amides is 6. The molecule has 2 saturated carbocycles. The van der Waals surface area contributed by atoms with E-state index in [-0.39, 0.29) is 84.9 Å². The Morgan fingerprint density at radius 3 is 1.29 bits per heavy atom. The largest absolute Gasteiger partial charge is 0.381 e. The number of pyridine rings is 2. The van der Waals surface area contributed by atoms with Gasteiger partial charge in [-0.2, -0.15) is 0 Å². The summed E-state index contributed by atoms with van der Waals surface area (Å²) in [5.41, 5.74) is 14.4. The van der Waals surface area contributed by atoms with Gasteiger partial charge < -0.3 is 31.1 Å². The van der Waals surface area contributed by atoms with E-state index >= 15 is 0 Å². The first-order valence-corrected chi connectivity index (χ1v) is 41.1. The molecule has 20 rings (SSSR count). The van der Waals surface area contributed by atoms with Crippen molar-refractivity contribution in [3.8, 4) is 22.5 Å². The number of aromatic nitrogens is 6. The molecule has 26 heteroatoms. The lowest BCUT2D eigenvalue weighted by atomic mass is 9.70. The first-order chi connectivity index (χ1) is 54.4. The van der Waals surface area contributed by atoms with Gasteiger partial charge in [0.15, 0.2) is 0 Å². The predicted octanol–water partition coefficient (Wildman–Crippen LogP) is 11.0. The lowest BCUT2D eigenvalue weighted by molar-refractivity contribution is -0.137. The number of fused-ring (bicyclic) bond motifs is 12. The Hall–Kier alpha value is -11.1. The van der Waals surface area contributed by atoms with Gasteiger partial charge in [0, 0.05) is 170 Å². The molecule has 0 spiro atoms. The van der Waals surface area contributed by atoms with E-state index in [1.165, 1.54) is 33.8 Å². The van der Waals surface area contributed by atoms with E-state index in [9.17, 15) is 38.4 Å². The summed E-state index contributed by atoms with van der Waals surface area (Å²) in [4.78, 5) is 128. The Morgan fingerprint density at radius 2 is 0.884 bits per heavy atom. The highest BCUT2D eigenvalue weighted by atomic mass is 32.1. The Morgan fingerprint density at radius 1 is 0.464 bits per heavy atom. The van der Waals surface area contributed by atoms with Gasteiger partial charge in [-0.1, -0.05) is 36.4 Å². The zero-order valence-electron chi connectivity index (χ0n) is 62.8. The van der Waals surface area contributed by atoms with E-state index in [1.54, 1.807) is 32.4 Å². The highest BCUT2D eigenvalue weighted by Crippen LogP contribution is 2.48. The number of piperidine rings is 2. The number of benzene rings is 6. The highest BCUT2D eigenvalue weighted by molar-refractivity contribution is 7.22. The van der Waals surface area contributed by atoms with E-state index in [2.05, 4.69) is 173 Å². The van der Waals surface area contributed by atoms with Crippen LogP contribution in [0, 0.1) is 11.8 Å². The molecular formula is C86H86N16O8S2. The first-order valence-electron chi connectivity index (χ1n) is 39.5. The summed E-state index contributed by atoms with van der Waals surface area (Å²) in [5.74, 6) is -0.189. The third kappa shape index (κ3) is 12.0. The van der Waals surface area contributed by atoms with E-state index in [1.807, 2.05) is 26.0 Å². The predicted molar refractivity (Wildman–Crippen MR) is 439 cm³/mol. The van der Waals surface area contributed by atoms with Gasteiger partial charge in [0.25, 0.3) is 11.8 Å². The van der Waals surface area contributed by atoms with Gasteiger partial charge in [-0.3, -0.25) is 67.5 Å². The maximum absolute atomic E-state index is 13.9. The standard InChI is InChI=1S/C86H86N16O8S2/c1-45-39-87-77-75-57-15-17-59(91-61(57)19-25-71(75)111-79(77)83(107)89-45)49-5-11-55(12-6-49)97-29-31-99(41-47-33-53(34-47)51-9-21-63-67(37-51)95(3)85(109)101(63)65-23-27-73(103)93-81(65)105)69(43-97)70-44-98(56-13-7-50(8-14-56)60-18-16-58-62(92-60)20-26-72-76(58)78-80(112-72)84(108)90-46(2)40-88-78)30-32-100(70)42-48-35-54(36-48)52-10-22-64-68(38-52)96(4)86(110)102(64)66-24-28-74(104)94-82(66)106/h5-22,25-26,37-38,45-48,53-54,65-66,69-70,87-88H,23-24,27-36,39-44H2,1-4H3,(H,89,107)(H,90,108)(H,93,103,105)(H,94,104,106)/t45-,46-,47?,48?,53?,54?,65?,66?,69?,70?/m1/s1. The van der Waals surface area contributed by atoms with E-state index in [0.29, 0.717) is 57.5 Å². The molecule has 6 aromatic heterocycles. The van der Waals surface area contributed by atoms with Gasteiger partial charge in [-0.05, 0) is 184 Å². The van der Waals surface area contributed by atoms with Crippen LogP contribution < -0.4 is 53.1 Å². The Bertz CT molecular complexity index is 5720. The van der Waals surface area contributed by atoms with Crippen molar-refractivity contribution in [3.63, 3.8) is 0 Å². The number of carbonyl (C=O) groups excluding carboxylic acids is 6. The zero-order valence-corrected chi connectivity index (χ0v) is 64.4. The lowest BCUT2D eigenvalue weighted by Crippen LogP contribution is -2.68. The molecule has 6 amide bonds.